The zero-order valence-electron chi connectivity index (χ0n) is 6.35. The topological polar surface area (TPSA) is 79.3 Å². The number of aromatic nitrogens is 1. The number of rotatable bonds is 2. The summed E-state index contributed by atoms with van der Waals surface area (Å²) in [5.74, 6) is 0.109. The van der Waals surface area contributed by atoms with Crippen molar-refractivity contribution in [1.29, 1.82) is 0 Å². The molecule has 1 aromatic heterocycles. The van der Waals surface area contributed by atoms with Crippen molar-refractivity contribution in [2.75, 3.05) is 4.72 Å². The normalized spacial score (nSPS) is 10.3. The summed E-state index contributed by atoms with van der Waals surface area (Å²) < 4.78 is 30.9. The second-order valence-corrected chi connectivity index (χ2v) is 3.45. The minimum absolute atomic E-state index is 0. The summed E-state index contributed by atoms with van der Waals surface area (Å²) in [7, 11) is -4.21. The molecule has 1 rings (SSSR count). The first kappa shape index (κ1) is 12.9. The van der Waals surface area contributed by atoms with E-state index in [1.807, 2.05) is 4.72 Å². The van der Waals surface area contributed by atoms with E-state index in [1.54, 1.807) is 13.0 Å². The summed E-state index contributed by atoms with van der Waals surface area (Å²) >= 11 is 0. The Labute approximate surface area is 98.7 Å². The summed E-state index contributed by atoms with van der Waals surface area (Å²) in [5.41, 5.74) is 0.858. The molecule has 1 heterocycles. The third kappa shape index (κ3) is 5.22. The molecule has 0 radical (unpaired) electrons. The molecule has 1 aromatic rings. The van der Waals surface area contributed by atoms with E-state index in [-0.39, 0.29) is 35.4 Å². The second-order valence-electron chi connectivity index (χ2n) is 2.30. The van der Waals surface area contributed by atoms with Crippen molar-refractivity contribution in [3.63, 3.8) is 0 Å². The fourth-order valence-corrected chi connectivity index (χ4v) is 1.10. The van der Waals surface area contributed by atoms with Crippen LogP contribution >= 0.6 is 0 Å². The third-order valence-corrected chi connectivity index (χ3v) is 1.62. The molecule has 13 heavy (non-hydrogen) atoms. The monoisotopic (exact) mass is 212 g/mol. The van der Waals surface area contributed by atoms with Crippen molar-refractivity contribution in [1.82, 2.24) is 4.98 Å². The van der Waals surface area contributed by atoms with E-state index in [0.717, 1.165) is 5.56 Å². The minimum atomic E-state index is -4.21. The van der Waals surface area contributed by atoms with Gasteiger partial charge in [0.05, 0.1) is 0 Å². The van der Waals surface area contributed by atoms with Gasteiger partial charge in [-0.2, -0.15) is 8.42 Å². The molecule has 0 spiro atoms. The van der Waals surface area contributed by atoms with E-state index < -0.39 is 10.3 Å². The molecule has 0 aliphatic rings. The van der Waals surface area contributed by atoms with Crippen LogP contribution in [-0.2, 0) is 10.3 Å². The fraction of sp³-hybridized carbons (Fsp3) is 0.167. The predicted octanol–water partition coefficient (Wildman–Crippen LogP) is -0.0438. The van der Waals surface area contributed by atoms with Gasteiger partial charge >= 0.3 is 39.9 Å². The van der Waals surface area contributed by atoms with E-state index in [1.165, 1.54) is 12.3 Å². The van der Waals surface area contributed by atoms with Gasteiger partial charge in [0.25, 0.3) is 0 Å². The quantitative estimate of drug-likeness (QED) is 0.532. The standard InChI is InChI=1S/C6H8N2O3S.Na.H/c1-5-2-3-7-6(4-5)8-12(9,10)11;;/h2-4H,1H3,(H,7,8)(H,9,10,11);;. The van der Waals surface area contributed by atoms with Crippen LogP contribution in [0.4, 0.5) is 5.82 Å². The summed E-state index contributed by atoms with van der Waals surface area (Å²) in [5, 5.41) is 0. The molecule has 7 heteroatoms. The van der Waals surface area contributed by atoms with Gasteiger partial charge in [0.2, 0.25) is 0 Å². The average molecular weight is 212 g/mol. The summed E-state index contributed by atoms with van der Waals surface area (Å²) in [4.78, 5) is 3.67. The van der Waals surface area contributed by atoms with Crippen molar-refractivity contribution in [2.24, 2.45) is 0 Å². The Bertz CT molecular complexity index is 379. The Hall–Kier alpha value is -0.140. The van der Waals surface area contributed by atoms with Crippen LogP contribution in [0.15, 0.2) is 18.3 Å². The van der Waals surface area contributed by atoms with E-state index in [0.29, 0.717) is 0 Å². The van der Waals surface area contributed by atoms with Gasteiger partial charge in [-0.05, 0) is 24.6 Å². The van der Waals surface area contributed by atoms with Crippen molar-refractivity contribution in [3.8, 4) is 0 Å². The zero-order chi connectivity index (χ0) is 9.19. The molecule has 0 unspecified atom stereocenters. The third-order valence-electron chi connectivity index (χ3n) is 1.15. The number of aryl methyl sites for hydroxylation is 1. The summed E-state index contributed by atoms with van der Waals surface area (Å²) in [6.07, 6.45) is 1.45. The van der Waals surface area contributed by atoms with Crippen molar-refractivity contribution >= 4 is 45.7 Å². The number of anilines is 1. The number of nitrogens with zero attached hydrogens (tertiary/aromatic N) is 1. The van der Waals surface area contributed by atoms with E-state index in [2.05, 4.69) is 4.98 Å². The predicted molar refractivity (Wildman–Crippen MR) is 51.3 cm³/mol. The van der Waals surface area contributed by atoms with Crippen molar-refractivity contribution < 1.29 is 13.0 Å². The van der Waals surface area contributed by atoms with Crippen LogP contribution in [0, 0.1) is 6.92 Å². The average Bonchev–Trinajstić information content (AvgIpc) is 1.82. The molecule has 68 valence electrons. The molecule has 2 N–H and O–H groups in total. The van der Waals surface area contributed by atoms with Crippen LogP contribution in [0.1, 0.15) is 5.56 Å². The van der Waals surface area contributed by atoms with Crippen LogP contribution in [0.2, 0.25) is 0 Å². The molecule has 0 aromatic carbocycles. The van der Waals surface area contributed by atoms with Crippen molar-refractivity contribution in [2.45, 2.75) is 6.92 Å². The van der Waals surface area contributed by atoms with Crippen LogP contribution < -0.4 is 4.72 Å². The molecular weight excluding hydrogens is 203 g/mol. The van der Waals surface area contributed by atoms with Crippen molar-refractivity contribution in [3.05, 3.63) is 23.9 Å². The van der Waals surface area contributed by atoms with E-state index in [9.17, 15) is 8.42 Å². The Morgan fingerprint density at radius 3 is 2.62 bits per heavy atom. The first-order chi connectivity index (χ1) is 5.47. The van der Waals surface area contributed by atoms with Crippen LogP contribution in [-0.4, -0.2) is 47.5 Å². The van der Waals surface area contributed by atoms with Gasteiger partial charge in [-0.15, -0.1) is 0 Å². The number of nitrogens with one attached hydrogen (secondary N) is 1. The zero-order valence-corrected chi connectivity index (χ0v) is 7.17. The molecule has 0 aliphatic heterocycles. The van der Waals surface area contributed by atoms with Crippen LogP contribution in [0.5, 0.6) is 0 Å². The maximum absolute atomic E-state index is 10.3. The van der Waals surface area contributed by atoms with Gasteiger partial charge in [0.15, 0.2) is 0 Å². The Kier molecular flexibility index (Phi) is 4.87. The molecule has 0 aliphatic carbocycles. The molecule has 0 atom stereocenters. The SMILES string of the molecule is Cc1ccnc(NS(=O)(=O)O)c1.[NaH]. The molecular formula is C6H9N2NaO3S. The van der Waals surface area contributed by atoms with E-state index >= 15 is 0 Å². The van der Waals surface area contributed by atoms with E-state index in [4.69, 9.17) is 4.55 Å². The summed E-state index contributed by atoms with van der Waals surface area (Å²) in [6.45, 7) is 1.79. The maximum atomic E-state index is 10.3. The van der Waals surface area contributed by atoms with Gasteiger partial charge < -0.3 is 0 Å². The fourth-order valence-electron chi connectivity index (χ4n) is 0.724. The summed E-state index contributed by atoms with van der Waals surface area (Å²) in [6, 6.07) is 3.23. The number of pyridine rings is 1. The molecule has 0 saturated heterocycles. The first-order valence-corrected chi connectivity index (χ1v) is 4.59. The van der Waals surface area contributed by atoms with Gasteiger partial charge in [0.1, 0.15) is 5.82 Å². The van der Waals surface area contributed by atoms with Crippen LogP contribution in [0.3, 0.4) is 0 Å². The Balaban J connectivity index is 0.00000144. The van der Waals surface area contributed by atoms with Gasteiger partial charge in [-0.1, -0.05) is 0 Å². The number of hydrogen-bond acceptors (Lipinski definition) is 3. The van der Waals surface area contributed by atoms with Gasteiger partial charge in [-0.25, -0.2) is 9.71 Å². The first-order valence-electron chi connectivity index (χ1n) is 3.15. The molecule has 0 bridgehead atoms. The van der Waals surface area contributed by atoms with Gasteiger partial charge in [0, 0.05) is 6.20 Å². The Morgan fingerprint density at radius 2 is 2.15 bits per heavy atom. The van der Waals surface area contributed by atoms with Gasteiger partial charge in [-0.3, -0.25) is 4.55 Å². The molecule has 5 nitrogen and oxygen atoms in total. The molecule has 0 amide bonds. The molecule has 0 saturated carbocycles. The second kappa shape index (κ2) is 4.92. The number of hydrogen-bond donors (Lipinski definition) is 2. The Morgan fingerprint density at radius 1 is 1.54 bits per heavy atom. The van der Waals surface area contributed by atoms with Crippen LogP contribution in [0.25, 0.3) is 0 Å². The molecule has 0 fully saturated rings.